The molecule has 1 saturated heterocycles. The number of Topliss-reactive ketones (excluding diaryl/α,β-unsaturated/α-hetero) is 1. The zero-order valence-electron chi connectivity index (χ0n) is 22.9. The van der Waals surface area contributed by atoms with Gasteiger partial charge in [-0.1, -0.05) is 77.0 Å². The van der Waals surface area contributed by atoms with Gasteiger partial charge in [0.25, 0.3) is 5.91 Å². The van der Waals surface area contributed by atoms with Crippen molar-refractivity contribution in [3.8, 4) is 0 Å². The molecule has 2 unspecified atom stereocenters. The molecule has 0 bridgehead atoms. The lowest BCUT2D eigenvalue weighted by atomic mass is 9.81. The molecule has 1 aliphatic heterocycles. The molecule has 1 N–H and O–H groups in total. The number of nitrogens with zero attached hydrogens (tertiary/aromatic N) is 2. The minimum absolute atomic E-state index is 0.0915. The van der Waals surface area contributed by atoms with Crippen molar-refractivity contribution in [1.29, 1.82) is 0 Å². The number of amides is 1. The lowest BCUT2D eigenvalue weighted by Gasteiger charge is -2.40. The van der Waals surface area contributed by atoms with E-state index in [4.69, 9.17) is 0 Å². The smallest absolute Gasteiger partial charge is 0.252 e. The van der Waals surface area contributed by atoms with E-state index in [0.717, 1.165) is 76.3 Å². The topological polar surface area (TPSA) is 52.6 Å². The lowest BCUT2D eigenvalue weighted by Crippen LogP contribution is -2.52. The third kappa shape index (κ3) is 6.98. The third-order valence-corrected chi connectivity index (χ3v) is 9.45. The molecule has 36 heavy (non-hydrogen) atoms. The Morgan fingerprint density at radius 2 is 1.53 bits per heavy atom. The summed E-state index contributed by atoms with van der Waals surface area (Å²) in [5, 5.41) is 3.10. The predicted octanol–water partition coefficient (Wildman–Crippen LogP) is 5.79. The monoisotopic (exact) mass is 495 g/mol. The van der Waals surface area contributed by atoms with Crippen molar-refractivity contribution < 1.29 is 9.59 Å². The van der Waals surface area contributed by atoms with E-state index in [2.05, 4.69) is 29.0 Å². The number of carbonyl (C=O) groups excluding carboxylic acids is 2. The Bertz CT molecular complexity index is 838. The minimum Gasteiger partial charge on any atom is -0.351 e. The van der Waals surface area contributed by atoms with Crippen LogP contribution in [0.4, 0.5) is 0 Å². The number of hydrogen-bond donors (Lipinski definition) is 1. The van der Waals surface area contributed by atoms with Gasteiger partial charge in [-0.2, -0.15) is 0 Å². The van der Waals surface area contributed by atoms with Gasteiger partial charge in [0.05, 0.1) is 5.56 Å². The molecule has 200 valence electrons. The first-order chi connectivity index (χ1) is 17.6. The van der Waals surface area contributed by atoms with Gasteiger partial charge in [-0.3, -0.25) is 19.4 Å². The summed E-state index contributed by atoms with van der Waals surface area (Å²) in [5.41, 5.74) is 1.14. The Labute approximate surface area is 219 Å². The van der Waals surface area contributed by atoms with Crippen LogP contribution in [0.3, 0.4) is 0 Å². The summed E-state index contributed by atoms with van der Waals surface area (Å²) < 4.78 is 0. The Morgan fingerprint density at radius 3 is 2.22 bits per heavy atom. The standard InChI is InChI=1S/C31H49N3O2/c1-3-24(4-2)26-13-7-8-14-27(23-26)34-21-19-33(20-22-34)18-17-32-31(36)29-16-10-9-15-28(29)30(35)25-11-5-6-12-25/h9-10,15-16,24-27H,3-8,11-14,17-23H2,1-2H3,(H,32,36). The van der Waals surface area contributed by atoms with Crippen LogP contribution in [0, 0.1) is 17.8 Å². The summed E-state index contributed by atoms with van der Waals surface area (Å²) in [4.78, 5) is 31.2. The fourth-order valence-corrected chi connectivity index (χ4v) is 7.17. The van der Waals surface area contributed by atoms with Crippen LogP contribution in [0.25, 0.3) is 0 Å². The molecule has 0 radical (unpaired) electrons. The second-order valence-electron chi connectivity index (χ2n) is 11.5. The maximum atomic E-state index is 13.0. The molecule has 1 amide bonds. The van der Waals surface area contributed by atoms with Gasteiger partial charge in [0.2, 0.25) is 0 Å². The lowest BCUT2D eigenvalue weighted by molar-refractivity contribution is 0.0764. The summed E-state index contributed by atoms with van der Waals surface area (Å²) in [6.45, 7) is 10.7. The van der Waals surface area contributed by atoms with Crippen molar-refractivity contribution in [2.45, 2.75) is 90.5 Å². The van der Waals surface area contributed by atoms with E-state index in [1.54, 1.807) is 6.07 Å². The molecule has 1 heterocycles. The van der Waals surface area contributed by atoms with Gasteiger partial charge in [0.15, 0.2) is 5.78 Å². The van der Waals surface area contributed by atoms with Gasteiger partial charge < -0.3 is 5.32 Å². The molecule has 0 spiro atoms. The zero-order chi connectivity index (χ0) is 25.3. The highest BCUT2D eigenvalue weighted by Gasteiger charge is 2.30. The SMILES string of the molecule is CCC(CC)C1CCCCC(N2CCN(CCNC(=O)c3ccccc3C(=O)C3CCCC3)CC2)C1. The highest BCUT2D eigenvalue weighted by atomic mass is 16.2. The number of piperazine rings is 1. The molecule has 5 heteroatoms. The van der Waals surface area contributed by atoms with Crippen LogP contribution >= 0.6 is 0 Å². The average Bonchev–Trinajstić information content (AvgIpc) is 3.35. The third-order valence-electron chi connectivity index (χ3n) is 9.45. The quantitative estimate of drug-likeness (QED) is 0.330. The molecule has 0 aromatic heterocycles. The largest absolute Gasteiger partial charge is 0.351 e. The second-order valence-corrected chi connectivity index (χ2v) is 11.5. The summed E-state index contributed by atoms with van der Waals surface area (Å²) in [6, 6.07) is 8.13. The van der Waals surface area contributed by atoms with E-state index in [1.807, 2.05) is 18.2 Å². The summed E-state index contributed by atoms with van der Waals surface area (Å²) in [5.74, 6) is 1.94. The van der Waals surface area contributed by atoms with Gasteiger partial charge in [0.1, 0.15) is 0 Å². The Balaban J connectivity index is 1.22. The first-order valence-corrected chi connectivity index (χ1v) is 15.0. The fraction of sp³-hybridized carbons (Fsp3) is 0.742. The van der Waals surface area contributed by atoms with E-state index in [9.17, 15) is 9.59 Å². The molecule has 4 rings (SSSR count). The molecule has 2 aliphatic carbocycles. The van der Waals surface area contributed by atoms with Crippen LogP contribution < -0.4 is 5.32 Å². The van der Waals surface area contributed by atoms with E-state index in [0.29, 0.717) is 17.7 Å². The maximum Gasteiger partial charge on any atom is 0.252 e. The summed E-state index contributed by atoms with van der Waals surface area (Å²) in [6.07, 6.45) is 13.8. The highest BCUT2D eigenvalue weighted by Crippen LogP contribution is 2.35. The van der Waals surface area contributed by atoms with E-state index < -0.39 is 0 Å². The first kappa shape index (κ1) is 27.3. The molecule has 3 fully saturated rings. The van der Waals surface area contributed by atoms with Crippen LogP contribution in [0.15, 0.2) is 24.3 Å². The first-order valence-electron chi connectivity index (χ1n) is 15.0. The molecule has 1 aromatic rings. The molecule has 1 aromatic carbocycles. The summed E-state index contributed by atoms with van der Waals surface area (Å²) in [7, 11) is 0. The van der Waals surface area contributed by atoms with Crippen LogP contribution in [-0.2, 0) is 0 Å². The molecule has 2 atom stereocenters. The van der Waals surface area contributed by atoms with Gasteiger partial charge >= 0.3 is 0 Å². The number of ketones is 1. The van der Waals surface area contributed by atoms with Crippen LogP contribution in [0.5, 0.6) is 0 Å². The Hall–Kier alpha value is -1.72. The predicted molar refractivity (Wildman–Crippen MR) is 148 cm³/mol. The molecular weight excluding hydrogens is 446 g/mol. The molecule has 5 nitrogen and oxygen atoms in total. The highest BCUT2D eigenvalue weighted by molar-refractivity contribution is 6.08. The molecule has 2 saturated carbocycles. The average molecular weight is 496 g/mol. The maximum absolute atomic E-state index is 13.0. The van der Waals surface area contributed by atoms with Crippen molar-refractivity contribution >= 4 is 11.7 Å². The van der Waals surface area contributed by atoms with E-state index in [-0.39, 0.29) is 17.6 Å². The van der Waals surface area contributed by atoms with Crippen LogP contribution in [-0.4, -0.2) is 66.8 Å². The van der Waals surface area contributed by atoms with Crippen molar-refractivity contribution in [3.05, 3.63) is 35.4 Å². The summed E-state index contributed by atoms with van der Waals surface area (Å²) >= 11 is 0. The number of rotatable bonds is 10. The normalized spacial score (nSPS) is 24.6. The molecule has 3 aliphatic rings. The fourth-order valence-electron chi connectivity index (χ4n) is 7.17. The number of benzene rings is 1. The van der Waals surface area contributed by atoms with Gasteiger partial charge in [-0.05, 0) is 43.6 Å². The van der Waals surface area contributed by atoms with Gasteiger partial charge in [-0.15, -0.1) is 0 Å². The van der Waals surface area contributed by atoms with E-state index in [1.165, 1.54) is 44.9 Å². The number of nitrogens with one attached hydrogen (secondary N) is 1. The number of hydrogen-bond acceptors (Lipinski definition) is 4. The Kier molecular flexibility index (Phi) is 10.4. The second kappa shape index (κ2) is 13.7. The molecular formula is C31H49N3O2. The van der Waals surface area contributed by atoms with Crippen molar-refractivity contribution in [2.24, 2.45) is 17.8 Å². The van der Waals surface area contributed by atoms with Crippen molar-refractivity contribution in [1.82, 2.24) is 15.1 Å². The van der Waals surface area contributed by atoms with Gasteiger partial charge in [-0.25, -0.2) is 0 Å². The minimum atomic E-state index is -0.110. The Morgan fingerprint density at radius 1 is 0.889 bits per heavy atom. The van der Waals surface area contributed by atoms with Crippen molar-refractivity contribution in [3.63, 3.8) is 0 Å². The number of carbonyl (C=O) groups is 2. The van der Waals surface area contributed by atoms with Gasteiger partial charge in [0, 0.05) is 56.8 Å². The zero-order valence-corrected chi connectivity index (χ0v) is 22.9. The van der Waals surface area contributed by atoms with Crippen LogP contribution in [0.1, 0.15) is 105 Å². The van der Waals surface area contributed by atoms with Crippen LogP contribution in [0.2, 0.25) is 0 Å². The van der Waals surface area contributed by atoms with E-state index >= 15 is 0 Å². The van der Waals surface area contributed by atoms with Crippen molar-refractivity contribution in [2.75, 3.05) is 39.3 Å².